The van der Waals surface area contributed by atoms with Crippen molar-refractivity contribution in [2.45, 2.75) is 46.0 Å². The molecule has 2 rings (SSSR count). The maximum absolute atomic E-state index is 12.7. The predicted molar refractivity (Wildman–Crippen MR) is 115 cm³/mol. The highest BCUT2D eigenvalue weighted by Gasteiger charge is 2.16. The lowest BCUT2D eigenvalue weighted by atomic mass is 9.96. The number of carbonyl (C=O) groups excluding carboxylic acids is 2. The molecule has 0 aliphatic carbocycles. The van der Waals surface area contributed by atoms with E-state index in [2.05, 4.69) is 31.3 Å². The van der Waals surface area contributed by atoms with Crippen LogP contribution >= 0.6 is 0 Å². The van der Waals surface area contributed by atoms with Gasteiger partial charge in [0.2, 0.25) is 11.8 Å². The van der Waals surface area contributed by atoms with Crippen LogP contribution in [-0.4, -0.2) is 30.8 Å². The summed E-state index contributed by atoms with van der Waals surface area (Å²) >= 11 is 0. The van der Waals surface area contributed by atoms with Crippen molar-refractivity contribution in [2.75, 3.05) is 19.4 Å². The van der Waals surface area contributed by atoms with Gasteiger partial charge in [-0.2, -0.15) is 0 Å². The minimum Gasteiger partial charge on any atom is -0.349 e. The third-order valence-corrected chi connectivity index (χ3v) is 4.84. The zero-order valence-electron chi connectivity index (χ0n) is 17.7. The molecule has 2 aromatic carbocycles. The molecule has 2 amide bonds. The summed E-state index contributed by atoms with van der Waals surface area (Å²) in [6.45, 7) is 6.33. The van der Waals surface area contributed by atoms with Crippen molar-refractivity contribution in [1.29, 1.82) is 0 Å². The fourth-order valence-corrected chi connectivity index (χ4v) is 3.10. The van der Waals surface area contributed by atoms with Crippen LogP contribution in [-0.2, 0) is 22.4 Å². The van der Waals surface area contributed by atoms with Crippen molar-refractivity contribution in [3.63, 3.8) is 0 Å². The largest absolute Gasteiger partial charge is 0.349 e. The number of anilines is 1. The monoisotopic (exact) mass is 380 g/mol. The van der Waals surface area contributed by atoms with Crippen LogP contribution < -0.4 is 5.32 Å². The normalized spacial score (nSPS) is 11.9. The van der Waals surface area contributed by atoms with Crippen molar-refractivity contribution in [2.24, 2.45) is 5.92 Å². The maximum Gasteiger partial charge on any atom is 0.231 e. The first kappa shape index (κ1) is 21.7. The molecule has 0 aliphatic heterocycles. The van der Waals surface area contributed by atoms with E-state index in [1.54, 1.807) is 19.0 Å². The molecule has 0 saturated heterocycles. The van der Waals surface area contributed by atoms with Crippen molar-refractivity contribution >= 4 is 17.5 Å². The summed E-state index contributed by atoms with van der Waals surface area (Å²) < 4.78 is 0. The van der Waals surface area contributed by atoms with Gasteiger partial charge in [-0.05, 0) is 54.5 Å². The van der Waals surface area contributed by atoms with Gasteiger partial charge in [-0.15, -0.1) is 0 Å². The number of carbonyl (C=O) groups is 2. The van der Waals surface area contributed by atoms with E-state index in [0.717, 1.165) is 23.2 Å². The summed E-state index contributed by atoms with van der Waals surface area (Å²) in [5, 5.41) is 3.00. The Bertz CT molecular complexity index is 795. The lowest BCUT2D eigenvalue weighted by Crippen LogP contribution is -2.22. The van der Waals surface area contributed by atoms with E-state index in [4.69, 9.17) is 0 Å². The van der Waals surface area contributed by atoms with Crippen molar-refractivity contribution in [3.05, 3.63) is 65.2 Å². The number of aryl methyl sites for hydroxylation is 1. The highest BCUT2D eigenvalue weighted by Crippen LogP contribution is 2.20. The summed E-state index contributed by atoms with van der Waals surface area (Å²) in [4.78, 5) is 26.0. The molecular weight excluding hydrogens is 348 g/mol. The number of nitrogens with zero attached hydrogens (tertiary/aromatic N) is 1. The number of hydrogen-bond donors (Lipinski definition) is 1. The first-order chi connectivity index (χ1) is 13.3. The van der Waals surface area contributed by atoms with Gasteiger partial charge in [-0.1, -0.05) is 50.2 Å². The third-order valence-electron chi connectivity index (χ3n) is 4.84. The van der Waals surface area contributed by atoms with E-state index in [0.29, 0.717) is 18.8 Å². The van der Waals surface area contributed by atoms with Crippen molar-refractivity contribution in [3.8, 4) is 0 Å². The maximum atomic E-state index is 12.7. The van der Waals surface area contributed by atoms with Gasteiger partial charge < -0.3 is 10.2 Å². The van der Waals surface area contributed by atoms with Gasteiger partial charge >= 0.3 is 0 Å². The van der Waals surface area contributed by atoms with Crippen LogP contribution in [0.2, 0.25) is 0 Å². The van der Waals surface area contributed by atoms with Crippen LogP contribution in [0.25, 0.3) is 0 Å². The molecule has 0 saturated carbocycles. The highest BCUT2D eigenvalue weighted by atomic mass is 16.2. The lowest BCUT2D eigenvalue weighted by Gasteiger charge is -2.14. The average molecular weight is 381 g/mol. The molecule has 4 heteroatoms. The van der Waals surface area contributed by atoms with Crippen LogP contribution in [0.15, 0.2) is 48.5 Å². The summed E-state index contributed by atoms with van der Waals surface area (Å²) in [6, 6.07) is 16.0. The molecule has 0 aliphatic rings. The summed E-state index contributed by atoms with van der Waals surface area (Å²) in [7, 11) is 3.52. The number of benzene rings is 2. The quantitative estimate of drug-likeness (QED) is 0.725. The van der Waals surface area contributed by atoms with Crippen LogP contribution in [0.5, 0.6) is 0 Å². The van der Waals surface area contributed by atoms with E-state index in [1.165, 1.54) is 5.56 Å². The molecule has 1 atom stereocenters. The third kappa shape index (κ3) is 6.52. The van der Waals surface area contributed by atoms with E-state index in [9.17, 15) is 9.59 Å². The second kappa shape index (κ2) is 10.1. The SMILES string of the molecule is CC(C)Cc1ccc(C(C)C(=O)Nc2cccc(CCC(=O)N(C)C)c2)cc1. The first-order valence-corrected chi connectivity index (χ1v) is 9.95. The average Bonchev–Trinajstić information content (AvgIpc) is 2.65. The molecule has 0 aromatic heterocycles. The number of amides is 2. The van der Waals surface area contributed by atoms with Gasteiger partial charge in [0.15, 0.2) is 0 Å². The summed E-state index contributed by atoms with van der Waals surface area (Å²) in [5.74, 6) is 0.459. The topological polar surface area (TPSA) is 49.4 Å². The molecule has 0 fully saturated rings. The second-order valence-electron chi connectivity index (χ2n) is 8.04. The molecule has 0 heterocycles. The lowest BCUT2D eigenvalue weighted by molar-refractivity contribution is -0.128. The zero-order valence-corrected chi connectivity index (χ0v) is 17.7. The second-order valence-corrected chi connectivity index (χ2v) is 8.04. The van der Waals surface area contributed by atoms with Gasteiger partial charge in [0, 0.05) is 26.2 Å². The molecule has 150 valence electrons. The molecule has 4 nitrogen and oxygen atoms in total. The Morgan fingerprint density at radius 2 is 1.64 bits per heavy atom. The van der Waals surface area contributed by atoms with E-state index in [-0.39, 0.29) is 17.7 Å². The smallest absolute Gasteiger partial charge is 0.231 e. The van der Waals surface area contributed by atoms with Gasteiger partial charge in [0.05, 0.1) is 5.92 Å². The molecular formula is C24H32N2O2. The van der Waals surface area contributed by atoms with Crippen LogP contribution in [0.4, 0.5) is 5.69 Å². The van der Waals surface area contributed by atoms with Crippen LogP contribution in [0, 0.1) is 5.92 Å². The molecule has 1 N–H and O–H groups in total. The molecule has 0 bridgehead atoms. The Kier molecular flexibility index (Phi) is 7.80. The molecule has 0 spiro atoms. The fourth-order valence-electron chi connectivity index (χ4n) is 3.10. The standard InChI is InChI=1S/C24H32N2O2/c1-17(2)15-20-9-12-21(13-10-20)18(3)24(28)25-22-8-6-7-19(16-22)11-14-23(27)26(4)5/h6-10,12-13,16-18H,11,14-15H2,1-5H3,(H,25,28). The zero-order chi connectivity index (χ0) is 20.7. The van der Waals surface area contributed by atoms with Crippen LogP contribution in [0.3, 0.4) is 0 Å². The Balaban J connectivity index is 1.98. The molecule has 28 heavy (non-hydrogen) atoms. The van der Waals surface area contributed by atoms with E-state index >= 15 is 0 Å². The van der Waals surface area contributed by atoms with Crippen LogP contribution in [0.1, 0.15) is 49.8 Å². The van der Waals surface area contributed by atoms with Crippen molar-refractivity contribution < 1.29 is 9.59 Å². The molecule has 0 radical (unpaired) electrons. The number of nitrogens with one attached hydrogen (secondary N) is 1. The van der Waals surface area contributed by atoms with E-state index in [1.807, 2.05) is 43.3 Å². The minimum absolute atomic E-state index is 0.0295. The Morgan fingerprint density at radius 3 is 2.25 bits per heavy atom. The van der Waals surface area contributed by atoms with Gasteiger partial charge in [-0.25, -0.2) is 0 Å². The van der Waals surface area contributed by atoms with E-state index < -0.39 is 0 Å². The Labute approximate surface area is 169 Å². The molecule has 1 unspecified atom stereocenters. The highest BCUT2D eigenvalue weighted by molar-refractivity contribution is 5.95. The molecule has 2 aromatic rings. The Hall–Kier alpha value is -2.62. The number of hydrogen-bond acceptors (Lipinski definition) is 2. The number of rotatable bonds is 8. The van der Waals surface area contributed by atoms with Crippen molar-refractivity contribution in [1.82, 2.24) is 4.90 Å². The minimum atomic E-state index is -0.230. The Morgan fingerprint density at radius 1 is 0.964 bits per heavy atom. The van der Waals surface area contributed by atoms with Gasteiger partial charge in [0.25, 0.3) is 0 Å². The summed E-state index contributed by atoms with van der Waals surface area (Å²) in [5.41, 5.74) is 4.12. The first-order valence-electron chi connectivity index (χ1n) is 9.95. The van der Waals surface area contributed by atoms with Gasteiger partial charge in [0.1, 0.15) is 0 Å². The fraction of sp³-hybridized carbons (Fsp3) is 0.417. The van der Waals surface area contributed by atoms with Gasteiger partial charge in [-0.3, -0.25) is 9.59 Å². The predicted octanol–water partition coefficient (Wildman–Crippen LogP) is 4.65. The summed E-state index contributed by atoms with van der Waals surface area (Å²) in [6.07, 6.45) is 2.17.